The molecule has 0 saturated heterocycles. The summed E-state index contributed by atoms with van der Waals surface area (Å²) in [7, 11) is 1.61. The second-order valence-corrected chi connectivity index (χ2v) is 3.90. The first-order chi connectivity index (χ1) is 9.17. The number of amides is 2. The lowest BCUT2D eigenvalue weighted by Gasteiger charge is -2.06. The minimum Gasteiger partial charge on any atom is -0.497 e. The van der Waals surface area contributed by atoms with Crippen LogP contribution in [0.1, 0.15) is 5.56 Å². The quantitative estimate of drug-likeness (QED) is 0.600. The number of nitrogens with one attached hydrogen (secondary N) is 2. The largest absolute Gasteiger partial charge is 0.497 e. The van der Waals surface area contributed by atoms with Crippen LogP contribution in [0.25, 0.3) is 0 Å². The number of benzene rings is 1. The Morgan fingerprint density at radius 1 is 1.11 bits per heavy atom. The summed E-state index contributed by atoms with van der Waals surface area (Å²) in [5, 5.41) is 4.95. The lowest BCUT2D eigenvalue weighted by Crippen LogP contribution is -2.42. The molecule has 0 spiro atoms. The van der Waals surface area contributed by atoms with Gasteiger partial charge in [-0.3, -0.25) is 9.59 Å². The summed E-state index contributed by atoms with van der Waals surface area (Å²) in [5.74, 6) is -0.504. The molecule has 0 aliphatic rings. The molecule has 0 heterocycles. The standard InChI is InChI=1S/C13H19N3O3/c1-19-11-4-2-10(3-5-11)6-8-15-12(17)13(18)16-9-7-14/h2-5H,6-9,14H2,1H3,(H,15,17)(H,16,18). The van der Waals surface area contributed by atoms with Crippen molar-refractivity contribution in [2.45, 2.75) is 6.42 Å². The number of rotatable bonds is 6. The molecule has 0 fully saturated rings. The molecular formula is C13H19N3O3. The molecule has 6 nitrogen and oxygen atoms in total. The van der Waals surface area contributed by atoms with Gasteiger partial charge in [-0.05, 0) is 24.1 Å². The van der Waals surface area contributed by atoms with Gasteiger partial charge in [-0.15, -0.1) is 0 Å². The minimum atomic E-state index is -0.653. The first kappa shape index (κ1) is 15.0. The van der Waals surface area contributed by atoms with Gasteiger partial charge in [-0.2, -0.15) is 0 Å². The van der Waals surface area contributed by atoms with Crippen LogP contribution in [0.3, 0.4) is 0 Å². The predicted molar refractivity (Wildman–Crippen MR) is 71.8 cm³/mol. The number of carbonyl (C=O) groups is 2. The summed E-state index contributed by atoms with van der Waals surface area (Å²) in [4.78, 5) is 22.6. The lowest BCUT2D eigenvalue weighted by atomic mass is 10.1. The maximum Gasteiger partial charge on any atom is 0.309 e. The highest BCUT2D eigenvalue weighted by Gasteiger charge is 2.11. The summed E-state index contributed by atoms with van der Waals surface area (Å²) in [5.41, 5.74) is 6.28. The fraction of sp³-hybridized carbons (Fsp3) is 0.385. The van der Waals surface area contributed by atoms with E-state index in [-0.39, 0.29) is 0 Å². The van der Waals surface area contributed by atoms with E-state index in [2.05, 4.69) is 10.6 Å². The fourth-order valence-corrected chi connectivity index (χ4v) is 1.46. The summed E-state index contributed by atoms with van der Waals surface area (Å²) >= 11 is 0. The Balaban J connectivity index is 2.29. The molecule has 0 aliphatic carbocycles. The summed E-state index contributed by atoms with van der Waals surface area (Å²) in [6, 6.07) is 7.54. The van der Waals surface area contributed by atoms with Crippen LogP contribution in [0.15, 0.2) is 24.3 Å². The van der Waals surface area contributed by atoms with Crippen LogP contribution in [0.5, 0.6) is 5.75 Å². The summed E-state index contributed by atoms with van der Waals surface area (Å²) in [6.07, 6.45) is 0.653. The Labute approximate surface area is 112 Å². The van der Waals surface area contributed by atoms with Crippen LogP contribution in [0, 0.1) is 0 Å². The van der Waals surface area contributed by atoms with E-state index in [9.17, 15) is 9.59 Å². The molecule has 6 heteroatoms. The van der Waals surface area contributed by atoms with Gasteiger partial charge in [0.1, 0.15) is 5.75 Å². The minimum absolute atomic E-state index is 0.296. The Bertz CT molecular complexity index is 418. The Morgan fingerprint density at radius 2 is 1.68 bits per heavy atom. The van der Waals surface area contributed by atoms with Gasteiger partial charge in [0.2, 0.25) is 0 Å². The van der Waals surface area contributed by atoms with E-state index in [1.807, 2.05) is 24.3 Å². The van der Waals surface area contributed by atoms with E-state index < -0.39 is 11.8 Å². The molecule has 0 aromatic heterocycles. The van der Waals surface area contributed by atoms with Gasteiger partial charge in [0.15, 0.2) is 0 Å². The van der Waals surface area contributed by atoms with Crippen LogP contribution in [0.2, 0.25) is 0 Å². The van der Waals surface area contributed by atoms with Crippen molar-refractivity contribution >= 4 is 11.8 Å². The molecule has 0 saturated carbocycles. The third kappa shape index (κ3) is 5.39. The molecule has 0 bridgehead atoms. The van der Waals surface area contributed by atoms with Gasteiger partial charge < -0.3 is 21.1 Å². The molecule has 19 heavy (non-hydrogen) atoms. The monoisotopic (exact) mass is 265 g/mol. The lowest BCUT2D eigenvalue weighted by molar-refractivity contribution is -0.139. The zero-order valence-electron chi connectivity index (χ0n) is 10.9. The molecule has 1 aromatic rings. The van der Waals surface area contributed by atoms with Gasteiger partial charge in [0.25, 0.3) is 0 Å². The predicted octanol–water partition coefficient (Wildman–Crippen LogP) is -0.571. The van der Waals surface area contributed by atoms with Crippen molar-refractivity contribution in [3.8, 4) is 5.75 Å². The first-order valence-corrected chi connectivity index (χ1v) is 6.06. The molecule has 0 radical (unpaired) electrons. The smallest absolute Gasteiger partial charge is 0.309 e. The number of hydrogen-bond donors (Lipinski definition) is 3. The number of nitrogens with two attached hydrogens (primary N) is 1. The number of ether oxygens (including phenoxy) is 1. The average Bonchev–Trinajstić information content (AvgIpc) is 2.45. The molecular weight excluding hydrogens is 246 g/mol. The van der Waals surface area contributed by atoms with Crippen LogP contribution >= 0.6 is 0 Å². The third-order valence-electron chi connectivity index (χ3n) is 2.49. The van der Waals surface area contributed by atoms with E-state index >= 15 is 0 Å². The van der Waals surface area contributed by atoms with Gasteiger partial charge in [0.05, 0.1) is 7.11 Å². The van der Waals surface area contributed by atoms with Gasteiger partial charge in [-0.25, -0.2) is 0 Å². The molecule has 2 amide bonds. The number of methoxy groups -OCH3 is 1. The van der Waals surface area contributed by atoms with Crippen molar-refractivity contribution < 1.29 is 14.3 Å². The van der Waals surface area contributed by atoms with Gasteiger partial charge in [0, 0.05) is 19.6 Å². The van der Waals surface area contributed by atoms with E-state index in [1.54, 1.807) is 7.11 Å². The van der Waals surface area contributed by atoms with Crippen LogP contribution in [-0.4, -0.2) is 38.6 Å². The molecule has 0 aliphatic heterocycles. The van der Waals surface area contributed by atoms with Gasteiger partial charge in [-0.1, -0.05) is 12.1 Å². The summed E-state index contributed by atoms with van der Waals surface area (Å²) in [6.45, 7) is 1.01. The molecule has 4 N–H and O–H groups in total. The molecule has 1 rings (SSSR count). The van der Waals surface area contributed by atoms with Gasteiger partial charge >= 0.3 is 11.8 Å². The van der Waals surface area contributed by atoms with Crippen molar-refractivity contribution in [3.05, 3.63) is 29.8 Å². The Kier molecular flexibility index (Phi) is 6.38. The second kappa shape index (κ2) is 8.10. The topological polar surface area (TPSA) is 93.4 Å². The van der Waals surface area contributed by atoms with Crippen molar-refractivity contribution in [1.29, 1.82) is 0 Å². The first-order valence-electron chi connectivity index (χ1n) is 6.06. The molecule has 104 valence electrons. The fourth-order valence-electron chi connectivity index (χ4n) is 1.46. The zero-order valence-corrected chi connectivity index (χ0v) is 10.9. The van der Waals surface area contributed by atoms with E-state index in [0.29, 0.717) is 26.1 Å². The molecule has 0 atom stereocenters. The van der Waals surface area contributed by atoms with E-state index in [4.69, 9.17) is 10.5 Å². The Morgan fingerprint density at radius 3 is 2.21 bits per heavy atom. The zero-order chi connectivity index (χ0) is 14.1. The highest BCUT2D eigenvalue weighted by Crippen LogP contribution is 2.11. The summed E-state index contributed by atoms with van der Waals surface area (Å²) < 4.78 is 5.05. The van der Waals surface area contributed by atoms with Crippen molar-refractivity contribution in [3.63, 3.8) is 0 Å². The van der Waals surface area contributed by atoms with Crippen LogP contribution in [-0.2, 0) is 16.0 Å². The normalized spacial score (nSPS) is 9.79. The highest BCUT2D eigenvalue weighted by atomic mass is 16.5. The third-order valence-corrected chi connectivity index (χ3v) is 2.49. The van der Waals surface area contributed by atoms with Crippen molar-refractivity contribution in [2.75, 3.05) is 26.7 Å². The second-order valence-electron chi connectivity index (χ2n) is 3.90. The number of carbonyl (C=O) groups excluding carboxylic acids is 2. The average molecular weight is 265 g/mol. The van der Waals surface area contributed by atoms with E-state index in [1.165, 1.54) is 0 Å². The maximum absolute atomic E-state index is 11.4. The molecule has 1 aromatic carbocycles. The van der Waals surface area contributed by atoms with Crippen molar-refractivity contribution in [2.24, 2.45) is 5.73 Å². The molecule has 0 unspecified atom stereocenters. The highest BCUT2D eigenvalue weighted by molar-refractivity contribution is 6.35. The van der Waals surface area contributed by atoms with E-state index in [0.717, 1.165) is 11.3 Å². The Hall–Kier alpha value is -2.08. The number of hydrogen-bond acceptors (Lipinski definition) is 4. The van der Waals surface area contributed by atoms with Crippen LogP contribution < -0.4 is 21.1 Å². The SMILES string of the molecule is COc1ccc(CCNC(=O)C(=O)NCCN)cc1. The maximum atomic E-state index is 11.4. The van der Waals surface area contributed by atoms with Crippen molar-refractivity contribution in [1.82, 2.24) is 10.6 Å². The van der Waals surface area contributed by atoms with Crippen LogP contribution in [0.4, 0.5) is 0 Å².